The summed E-state index contributed by atoms with van der Waals surface area (Å²) in [4.78, 5) is 11.6. The normalized spacial score (nSPS) is 12.4. The van der Waals surface area contributed by atoms with Crippen molar-refractivity contribution in [2.45, 2.75) is 51.4 Å². The Morgan fingerprint density at radius 2 is 1.71 bits per heavy atom. The molecule has 0 saturated carbocycles. The molecule has 0 aliphatic rings. The molecule has 2 rings (SSSR count). The van der Waals surface area contributed by atoms with Crippen molar-refractivity contribution in [2.75, 3.05) is 0 Å². The maximum atomic E-state index is 11.6. The van der Waals surface area contributed by atoms with Crippen LogP contribution in [0, 0.1) is 0 Å². The largest absolute Gasteiger partial charge is 0.481 e. The fraction of sp³-hybridized carbons (Fsp3) is 0.421. The topological polar surface area (TPSA) is 37.3 Å². The lowest BCUT2D eigenvalue weighted by molar-refractivity contribution is -0.139. The number of hydrogen-bond acceptors (Lipinski definition) is 1. The third-order valence-electron chi connectivity index (χ3n) is 4.07. The van der Waals surface area contributed by atoms with E-state index in [0.717, 1.165) is 35.6 Å². The highest BCUT2D eigenvalue weighted by Gasteiger charge is 2.19. The molecule has 2 aromatic carbocycles. The van der Waals surface area contributed by atoms with Gasteiger partial charge in [-0.25, -0.2) is 0 Å². The van der Waals surface area contributed by atoms with Gasteiger partial charge in [0.2, 0.25) is 0 Å². The van der Waals surface area contributed by atoms with Crippen LogP contribution in [-0.2, 0) is 4.79 Å². The number of hydrogen-bond donors (Lipinski definition) is 1. The molecule has 0 heterocycles. The first-order valence-corrected chi connectivity index (χ1v) is 7.94. The second-order valence-corrected chi connectivity index (χ2v) is 5.70. The Bertz CT molecular complexity index is 589. The predicted molar refractivity (Wildman–Crippen MR) is 87.7 cm³/mol. The van der Waals surface area contributed by atoms with Gasteiger partial charge in [-0.05, 0) is 22.8 Å². The Morgan fingerprint density at radius 3 is 2.43 bits per heavy atom. The summed E-state index contributed by atoms with van der Waals surface area (Å²) in [6.07, 6.45) is 6.52. The molecule has 2 heteroatoms. The zero-order valence-corrected chi connectivity index (χ0v) is 12.7. The van der Waals surface area contributed by atoms with Gasteiger partial charge in [0.05, 0.1) is 5.92 Å². The lowest BCUT2D eigenvalue weighted by Gasteiger charge is -2.13. The predicted octanol–water partition coefficient (Wildman–Crippen LogP) is 5.37. The van der Waals surface area contributed by atoms with Gasteiger partial charge in [0.1, 0.15) is 0 Å². The Hall–Kier alpha value is -1.83. The number of carboxylic acids is 1. The first-order chi connectivity index (χ1) is 10.2. The van der Waals surface area contributed by atoms with Crippen LogP contribution in [0.5, 0.6) is 0 Å². The van der Waals surface area contributed by atoms with Crippen molar-refractivity contribution in [3.05, 3.63) is 48.0 Å². The van der Waals surface area contributed by atoms with Crippen molar-refractivity contribution in [1.82, 2.24) is 0 Å². The van der Waals surface area contributed by atoms with Gasteiger partial charge >= 0.3 is 5.97 Å². The minimum atomic E-state index is -0.708. The minimum absolute atomic E-state index is 0.378. The number of unbranched alkanes of at least 4 members (excludes halogenated alkanes) is 4. The van der Waals surface area contributed by atoms with E-state index in [1.807, 2.05) is 36.4 Å². The molecular formula is C19H24O2. The molecule has 0 aliphatic heterocycles. The Labute approximate surface area is 126 Å². The third-order valence-corrected chi connectivity index (χ3v) is 4.07. The average Bonchev–Trinajstić information content (AvgIpc) is 2.50. The van der Waals surface area contributed by atoms with Crippen LogP contribution in [0.3, 0.4) is 0 Å². The van der Waals surface area contributed by atoms with Crippen LogP contribution in [0.1, 0.15) is 56.9 Å². The number of fused-ring (bicyclic) bond motifs is 1. The minimum Gasteiger partial charge on any atom is -0.481 e. The van der Waals surface area contributed by atoms with Crippen molar-refractivity contribution in [3.8, 4) is 0 Å². The van der Waals surface area contributed by atoms with Gasteiger partial charge in [-0.15, -0.1) is 0 Å². The van der Waals surface area contributed by atoms with Gasteiger partial charge in [0, 0.05) is 0 Å². The maximum absolute atomic E-state index is 11.6. The van der Waals surface area contributed by atoms with E-state index in [1.54, 1.807) is 0 Å². The van der Waals surface area contributed by atoms with Crippen molar-refractivity contribution < 1.29 is 9.90 Å². The fourth-order valence-corrected chi connectivity index (χ4v) is 2.81. The summed E-state index contributed by atoms with van der Waals surface area (Å²) in [6, 6.07) is 14.1. The highest BCUT2D eigenvalue weighted by atomic mass is 16.4. The monoisotopic (exact) mass is 284 g/mol. The highest BCUT2D eigenvalue weighted by molar-refractivity contribution is 5.85. The first-order valence-electron chi connectivity index (χ1n) is 7.94. The molecule has 0 aliphatic carbocycles. The molecule has 1 atom stereocenters. The first kappa shape index (κ1) is 15.6. The Kier molecular flexibility index (Phi) is 5.79. The van der Waals surface area contributed by atoms with Crippen LogP contribution in [0.25, 0.3) is 10.8 Å². The molecule has 0 amide bonds. The van der Waals surface area contributed by atoms with Gasteiger partial charge < -0.3 is 5.11 Å². The van der Waals surface area contributed by atoms with Crippen LogP contribution in [-0.4, -0.2) is 11.1 Å². The highest BCUT2D eigenvalue weighted by Crippen LogP contribution is 2.26. The number of benzene rings is 2. The molecular weight excluding hydrogens is 260 g/mol. The van der Waals surface area contributed by atoms with Crippen LogP contribution >= 0.6 is 0 Å². The summed E-state index contributed by atoms with van der Waals surface area (Å²) >= 11 is 0. The van der Waals surface area contributed by atoms with Crippen LogP contribution in [0.15, 0.2) is 42.5 Å². The summed E-state index contributed by atoms with van der Waals surface area (Å²) < 4.78 is 0. The van der Waals surface area contributed by atoms with Crippen molar-refractivity contribution in [3.63, 3.8) is 0 Å². The Balaban J connectivity index is 2.07. The molecule has 2 nitrogen and oxygen atoms in total. The lowest BCUT2D eigenvalue weighted by Crippen LogP contribution is -2.11. The van der Waals surface area contributed by atoms with Gasteiger partial charge in [-0.3, -0.25) is 4.79 Å². The molecule has 0 radical (unpaired) electrons. The molecule has 0 saturated heterocycles. The van der Waals surface area contributed by atoms with E-state index in [2.05, 4.69) is 13.0 Å². The van der Waals surface area contributed by atoms with Gasteiger partial charge in [0.25, 0.3) is 0 Å². The van der Waals surface area contributed by atoms with E-state index < -0.39 is 5.97 Å². The standard InChI is InChI=1S/C19H24O2/c1-2-3-4-5-6-11-18(19(20)21)17-13-12-15-9-7-8-10-16(15)14-17/h7-10,12-14,18H,2-6,11H2,1H3,(H,20,21). The summed E-state index contributed by atoms with van der Waals surface area (Å²) in [7, 11) is 0. The maximum Gasteiger partial charge on any atom is 0.310 e. The number of carbonyl (C=O) groups is 1. The average molecular weight is 284 g/mol. The second-order valence-electron chi connectivity index (χ2n) is 5.70. The van der Waals surface area contributed by atoms with E-state index in [-0.39, 0.29) is 5.92 Å². The SMILES string of the molecule is CCCCCCCC(C(=O)O)c1ccc2ccccc2c1. The van der Waals surface area contributed by atoms with Crippen LogP contribution in [0.4, 0.5) is 0 Å². The molecule has 21 heavy (non-hydrogen) atoms. The van der Waals surface area contributed by atoms with E-state index in [0.29, 0.717) is 0 Å². The van der Waals surface area contributed by atoms with E-state index in [4.69, 9.17) is 0 Å². The zero-order chi connectivity index (χ0) is 15.1. The number of carboxylic acid groups (broad SMARTS) is 1. The van der Waals surface area contributed by atoms with Crippen LogP contribution in [0.2, 0.25) is 0 Å². The third kappa shape index (κ3) is 4.32. The van der Waals surface area contributed by atoms with E-state index >= 15 is 0 Å². The summed E-state index contributed by atoms with van der Waals surface area (Å²) in [5.74, 6) is -1.09. The summed E-state index contributed by atoms with van der Waals surface area (Å²) in [5, 5.41) is 11.8. The number of rotatable bonds is 8. The van der Waals surface area contributed by atoms with E-state index in [9.17, 15) is 9.90 Å². The van der Waals surface area contributed by atoms with Crippen molar-refractivity contribution in [1.29, 1.82) is 0 Å². The summed E-state index contributed by atoms with van der Waals surface area (Å²) in [6.45, 7) is 2.19. The molecule has 0 aromatic heterocycles. The molecule has 0 spiro atoms. The second kappa shape index (κ2) is 7.82. The van der Waals surface area contributed by atoms with Crippen LogP contribution < -0.4 is 0 Å². The molecule has 112 valence electrons. The molecule has 1 unspecified atom stereocenters. The molecule has 0 bridgehead atoms. The molecule has 1 N–H and O–H groups in total. The van der Waals surface area contributed by atoms with Gasteiger partial charge in [-0.1, -0.05) is 81.5 Å². The Morgan fingerprint density at radius 1 is 1.00 bits per heavy atom. The molecule has 2 aromatic rings. The van der Waals surface area contributed by atoms with Crippen molar-refractivity contribution in [2.24, 2.45) is 0 Å². The zero-order valence-electron chi connectivity index (χ0n) is 12.7. The lowest BCUT2D eigenvalue weighted by atomic mass is 9.91. The van der Waals surface area contributed by atoms with Gasteiger partial charge in [0.15, 0.2) is 0 Å². The fourth-order valence-electron chi connectivity index (χ4n) is 2.81. The summed E-state index contributed by atoms with van der Waals surface area (Å²) in [5.41, 5.74) is 0.927. The van der Waals surface area contributed by atoms with E-state index in [1.165, 1.54) is 19.3 Å². The molecule has 0 fully saturated rings. The smallest absolute Gasteiger partial charge is 0.310 e. The van der Waals surface area contributed by atoms with Crippen molar-refractivity contribution >= 4 is 16.7 Å². The van der Waals surface area contributed by atoms with Gasteiger partial charge in [-0.2, -0.15) is 0 Å². The number of aliphatic carboxylic acids is 1. The quantitative estimate of drug-likeness (QED) is 0.662.